The SMILES string of the molecule is CCNCc1cc(Cl)cc(S(=O)(=O)NC(C)CC)c1OC. The lowest BCUT2D eigenvalue weighted by Crippen LogP contribution is -2.32. The van der Waals surface area contributed by atoms with Crippen LogP contribution in [0.2, 0.25) is 5.02 Å². The number of sulfonamides is 1. The Bertz CT molecular complexity index is 576. The molecule has 0 aliphatic heterocycles. The molecule has 2 N–H and O–H groups in total. The van der Waals surface area contributed by atoms with E-state index in [2.05, 4.69) is 10.0 Å². The zero-order valence-electron chi connectivity index (χ0n) is 12.9. The zero-order chi connectivity index (χ0) is 16.0. The number of hydrogen-bond acceptors (Lipinski definition) is 4. The first-order chi connectivity index (χ1) is 9.85. The van der Waals surface area contributed by atoms with Crippen LogP contribution in [0.15, 0.2) is 17.0 Å². The monoisotopic (exact) mass is 334 g/mol. The summed E-state index contributed by atoms with van der Waals surface area (Å²) >= 11 is 6.06. The minimum atomic E-state index is -3.67. The fraction of sp³-hybridized carbons (Fsp3) is 0.571. The molecule has 0 fully saturated rings. The molecule has 1 rings (SSSR count). The van der Waals surface area contributed by atoms with Crippen LogP contribution in [-0.2, 0) is 16.6 Å². The smallest absolute Gasteiger partial charge is 0.244 e. The molecule has 0 radical (unpaired) electrons. The topological polar surface area (TPSA) is 67.4 Å². The van der Waals surface area contributed by atoms with E-state index in [1.54, 1.807) is 6.07 Å². The molecule has 21 heavy (non-hydrogen) atoms. The molecule has 0 saturated heterocycles. The predicted octanol–water partition coefficient (Wildman–Crippen LogP) is 2.53. The van der Waals surface area contributed by atoms with Crippen LogP contribution >= 0.6 is 11.6 Å². The van der Waals surface area contributed by atoms with Crippen molar-refractivity contribution in [2.75, 3.05) is 13.7 Å². The summed E-state index contributed by atoms with van der Waals surface area (Å²) in [7, 11) is -2.21. The van der Waals surface area contributed by atoms with Crippen LogP contribution in [0.4, 0.5) is 0 Å². The van der Waals surface area contributed by atoms with Crippen LogP contribution in [-0.4, -0.2) is 28.1 Å². The fourth-order valence-electron chi connectivity index (χ4n) is 1.86. The first-order valence-electron chi connectivity index (χ1n) is 6.95. The quantitative estimate of drug-likeness (QED) is 0.766. The van der Waals surface area contributed by atoms with Crippen LogP contribution < -0.4 is 14.8 Å². The van der Waals surface area contributed by atoms with Gasteiger partial charge in [0, 0.05) is 23.2 Å². The summed E-state index contributed by atoms with van der Waals surface area (Å²) in [4.78, 5) is 0.0747. The lowest BCUT2D eigenvalue weighted by Gasteiger charge is -2.17. The van der Waals surface area contributed by atoms with Crippen LogP contribution in [0.5, 0.6) is 5.75 Å². The van der Waals surface area contributed by atoms with Crippen molar-refractivity contribution in [3.8, 4) is 5.75 Å². The van der Waals surface area contributed by atoms with Gasteiger partial charge >= 0.3 is 0 Å². The van der Waals surface area contributed by atoms with Crippen molar-refractivity contribution in [3.63, 3.8) is 0 Å². The molecule has 1 aromatic carbocycles. The number of hydrogen-bond donors (Lipinski definition) is 2. The summed E-state index contributed by atoms with van der Waals surface area (Å²) in [5.74, 6) is 0.330. The Labute approximate surface area is 132 Å². The number of benzene rings is 1. The van der Waals surface area contributed by atoms with Gasteiger partial charge in [-0.2, -0.15) is 0 Å². The average molecular weight is 335 g/mol. The van der Waals surface area contributed by atoms with Gasteiger partial charge in [0.15, 0.2) is 0 Å². The van der Waals surface area contributed by atoms with E-state index in [0.717, 1.165) is 12.1 Å². The molecule has 0 spiro atoms. The molecule has 0 saturated carbocycles. The lowest BCUT2D eigenvalue weighted by molar-refractivity contribution is 0.395. The van der Waals surface area contributed by atoms with Crippen LogP contribution in [0.3, 0.4) is 0 Å². The summed E-state index contributed by atoms with van der Waals surface area (Å²) in [5, 5.41) is 3.51. The molecule has 0 aromatic heterocycles. The Morgan fingerprint density at radius 1 is 1.33 bits per heavy atom. The molecule has 0 aliphatic carbocycles. The van der Waals surface area contributed by atoms with Crippen molar-refractivity contribution in [2.24, 2.45) is 0 Å². The minimum Gasteiger partial charge on any atom is -0.495 e. The van der Waals surface area contributed by atoms with Gasteiger partial charge < -0.3 is 10.1 Å². The van der Waals surface area contributed by atoms with Crippen molar-refractivity contribution < 1.29 is 13.2 Å². The summed E-state index contributed by atoms with van der Waals surface area (Å²) in [6.45, 7) is 6.96. The first kappa shape index (κ1) is 18.2. The Morgan fingerprint density at radius 3 is 2.52 bits per heavy atom. The molecule has 120 valence electrons. The second-order valence-electron chi connectivity index (χ2n) is 4.81. The fourth-order valence-corrected chi connectivity index (χ4v) is 3.73. The van der Waals surface area contributed by atoms with E-state index >= 15 is 0 Å². The molecule has 1 aromatic rings. The Kier molecular flexibility index (Phi) is 6.93. The Balaban J connectivity index is 3.30. The molecule has 0 heterocycles. The molecule has 1 unspecified atom stereocenters. The molecule has 1 atom stereocenters. The zero-order valence-corrected chi connectivity index (χ0v) is 14.4. The maximum absolute atomic E-state index is 12.5. The highest BCUT2D eigenvalue weighted by molar-refractivity contribution is 7.89. The molecule has 0 aliphatic rings. The average Bonchev–Trinajstić information content (AvgIpc) is 2.43. The van der Waals surface area contributed by atoms with Gasteiger partial charge in [-0.3, -0.25) is 0 Å². The van der Waals surface area contributed by atoms with Gasteiger partial charge in [-0.15, -0.1) is 0 Å². The molecule has 5 nitrogen and oxygen atoms in total. The second kappa shape index (κ2) is 7.98. The normalized spacial score (nSPS) is 13.2. The number of methoxy groups -OCH3 is 1. The van der Waals surface area contributed by atoms with Crippen LogP contribution in [0.1, 0.15) is 32.8 Å². The van der Waals surface area contributed by atoms with Crippen molar-refractivity contribution in [2.45, 2.75) is 44.7 Å². The summed E-state index contributed by atoms with van der Waals surface area (Å²) in [6.07, 6.45) is 0.701. The maximum Gasteiger partial charge on any atom is 0.244 e. The number of halogens is 1. The Morgan fingerprint density at radius 2 is 2.00 bits per heavy atom. The van der Waals surface area contributed by atoms with E-state index in [1.165, 1.54) is 13.2 Å². The van der Waals surface area contributed by atoms with Crippen LogP contribution in [0, 0.1) is 0 Å². The van der Waals surface area contributed by atoms with E-state index in [1.807, 2.05) is 20.8 Å². The third kappa shape index (κ3) is 4.85. The molecular weight excluding hydrogens is 312 g/mol. The highest BCUT2D eigenvalue weighted by atomic mass is 35.5. The Hall–Kier alpha value is -0.820. The van der Waals surface area contributed by atoms with Gasteiger partial charge in [-0.1, -0.05) is 25.4 Å². The highest BCUT2D eigenvalue weighted by Gasteiger charge is 2.24. The van der Waals surface area contributed by atoms with E-state index < -0.39 is 10.0 Å². The molecule has 7 heteroatoms. The number of nitrogens with one attached hydrogen (secondary N) is 2. The third-order valence-corrected chi connectivity index (χ3v) is 4.94. The van der Waals surface area contributed by atoms with Gasteiger partial charge in [0.25, 0.3) is 0 Å². The lowest BCUT2D eigenvalue weighted by atomic mass is 10.2. The van der Waals surface area contributed by atoms with Gasteiger partial charge in [0.1, 0.15) is 10.6 Å². The first-order valence-corrected chi connectivity index (χ1v) is 8.81. The predicted molar refractivity (Wildman–Crippen MR) is 85.5 cm³/mol. The summed E-state index contributed by atoms with van der Waals surface area (Å²) in [5.41, 5.74) is 0.719. The molecular formula is C14H23ClN2O3S. The van der Waals surface area contributed by atoms with Gasteiger partial charge in [0.2, 0.25) is 10.0 Å². The minimum absolute atomic E-state index is 0.0747. The highest BCUT2D eigenvalue weighted by Crippen LogP contribution is 2.32. The number of ether oxygens (including phenoxy) is 1. The van der Waals surface area contributed by atoms with E-state index in [9.17, 15) is 8.42 Å². The van der Waals surface area contributed by atoms with E-state index in [4.69, 9.17) is 16.3 Å². The molecule has 0 bridgehead atoms. The largest absolute Gasteiger partial charge is 0.495 e. The second-order valence-corrected chi connectivity index (χ2v) is 6.93. The maximum atomic E-state index is 12.5. The number of rotatable bonds is 8. The van der Waals surface area contributed by atoms with Crippen molar-refractivity contribution in [1.82, 2.24) is 10.0 Å². The molecule has 0 amide bonds. The third-order valence-electron chi connectivity index (χ3n) is 3.12. The van der Waals surface area contributed by atoms with Crippen LogP contribution in [0.25, 0.3) is 0 Å². The van der Waals surface area contributed by atoms with Gasteiger partial charge in [0.05, 0.1) is 7.11 Å². The van der Waals surface area contributed by atoms with Crippen molar-refractivity contribution in [3.05, 3.63) is 22.7 Å². The van der Waals surface area contributed by atoms with Crippen molar-refractivity contribution >= 4 is 21.6 Å². The van der Waals surface area contributed by atoms with E-state index in [-0.39, 0.29) is 10.9 Å². The standard InChI is InChI=1S/C14H23ClN2O3S/c1-5-10(3)17-21(18,19)13-8-12(15)7-11(9-16-6-2)14(13)20-4/h7-8,10,16-17H,5-6,9H2,1-4H3. The summed E-state index contributed by atoms with van der Waals surface area (Å²) in [6, 6.07) is 2.97. The van der Waals surface area contributed by atoms with E-state index in [0.29, 0.717) is 23.7 Å². The van der Waals surface area contributed by atoms with Crippen molar-refractivity contribution in [1.29, 1.82) is 0 Å². The van der Waals surface area contributed by atoms with Gasteiger partial charge in [-0.05, 0) is 32.0 Å². The summed E-state index contributed by atoms with van der Waals surface area (Å²) < 4.78 is 32.9. The van der Waals surface area contributed by atoms with Gasteiger partial charge in [-0.25, -0.2) is 13.1 Å².